The van der Waals surface area contributed by atoms with Crippen LogP contribution in [0.2, 0.25) is 0 Å². The summed E-state index contributed by atoms with van der Waals surface area (Å²) in [5.41, 5.74) is 4.37. The summed E-state index contributed by atoms with van der Waals surface area (Å²) < 4.78 is 5.90. The first-order valence-electron chi connectivity index (χ1n) is 11.1. The maximum atomic E-state index is 13.1. The van der Waals surface area contributed by atoms with Gasteiger partial charge < -0.3 is 15.0 Å². The first kappa shape index (κ1) is 24.4. The fraction of sp³-hybridized carbons (Fsp3) is 0.462. The minimum atomic E-state index is -0.575. The Bertz CT molecular complexity index is 880. The number of hydrogen-bond donors (Lipinski definition) is 1. The van der Waals surface area contributed by atoms with Crippen LogP contribution in [0.3, 0.4) is 0 Å². The van der Waals surface area contributed by atoms with E-state index in [2.05, 4.69) is 11.4 Å². The molecule has 0 aromatic heterocycles. The van der Waals surface area contributed by atoms with Gasteiger partial charge in [-0.1, -0.05) is 43.3 Å². The van der Waals surface area contributed by atoms with Gasteiger partial charge in [-0.2, -0.15) is 0 Å². The van der Waals surface area contributed by atoms with E-state index < -0.39 is 6.04 Å². The van der Waals surface area contributed by atoms with E-state index in [1.807, 2.05) is 71.0 Å². The van der Waals surface area contributed by atoms with Gasteiger partial charge in [0.05, 0.1) is 0 Å². The Kier molecular flexibility index (Phi) is 9.10. The number of hydrogen-bond acceptors (Lipinski definition) is 3. The fourth-order valence-corrected chi connectivity index (χ4v) is 3.41. The van der Waals surface area contributed by atoms with Crippen LogP contribution in [0.15, 0.2) is 42.5 Å². The van der Waals surface area contributed by atoms with Gasteiger partial charge in [0.25, 0.3) is 5.91 Å². The lowest BCUT2D eigenvalue weighted by atomic mass is 10.1. The predicted molar refractivity (Wildman–Crippen MR) is 125 cm³/mol. The zero-order valence-corrected chi connectivity index (χ0v) is 19.7. The number of carbonyl (C=O) groups excluding carboxylic acids is 2. The average Bonchev–Trinajstić information content (AvgIpc) is 2.75. The summed E-state index contributed by atoms with van der Waals surface area (Å²) in [4.78, 5) is 27.5. The SMILES string of the molecule is CC[C@H](C)NC(=O)[C@@H](C)N(CCc1ccccc1)C(=O)COc1cc(C)cc(C)c1C. The maximum Gasteiger partial charge on any atom is 0.261 e. The molecule has 0 fully saturated rings. The number of carbonyl (C=O) groups is 2. The van der Waals surface area contributed by atoms with Crippen LogP contribution in [0.4, 0.5) is 0 Å². The maximum absolute atomic E-state index is 13.1. The molecular weight excluding hydrogens is 388 g/mol. The van der Waals surface area contributed by atoms with E-state index >= 15 is 0 Å². The predicted octanol–water partition coefficient (Wildman–Crippen LogP) is 4.37. The van der Waals surface area contributed by atoms with Crippen molar-refractivity contribution >= 4 is 11.8 Å². The zero-order valence-electron chi connectivity index (χ0n) is 19.7. The Labute approximate surface area is 186 Å². The summed E-state index contributed by atoms with van der Waals surface area (Å²) in [7, 11) is 0. The van der Waals surface area contributed by atoms with E-state index in [4.69, 9.17) is 4.74 Å². The molecule has 0 aliphatic rings. The Balaban J connectivity index is 2.13. The normalized spacial score (nSPS) is 12.7. The molecule has 2 atom stereocenters. The van der Waals surface area contributed by atoms with Crippen molar-refractivity contribution in [1.29, 1.82) is 0 Å². The van der Waals surface area contributed by atoms with E-state index in [1.54, 1.807) is 11.8 Å². The van der Waals surface area contributed by atoms with Crippen LogP contribution in [-0.2, 0) is 16.0 Å². The summed E-state index contributed by atoms with van der Waals surface area (Å²) in [6, 6.07) is 13.5. The van der Waals surface area contributed by atoms with Gasteiger partial charge in [-0.15, -0.1) is 0 Å². The standard InChI is InChI=1S/C26H36N2O3/c1-7-20(4)27-26(30)22(6)28(14-13-23-11-9-8-10-12-23)25(29)17-31-24-16-18(2)15-19(3)21(24)5/h8-12,15-16,20,22H,7,13-14,17H2,1-6H3,(H,27,30)/t20-,22+/m0/s1. The highest BCUT2D eigenvalue weighted by atomic mass is 16.5. The molecule has 168 valence electrons. The van der Waals surface area contributed by atoms with Gasteiger partial charge in [-0.25, -0.2) is 0 Å². The molecule has 2 aromatic rings. The van der Waals surface area contributed by atoms with E-state index in [-0.39, 0.29) is 24.5 Å². The fourth-order valence-electron chi connectivity index (χ4n) is 3.41. The first-order chi connectivity index (χ1) is 14.7. The van der Waals surface area contributed by atoms with Crippen molar-refractivity contribution in [3.8, 4) is 5.75 Å². The van der Waals surface area contributed by atoms with Crippen molar-refractivity contribution in [2.75, 3.05) is 13.2 Å². The Hall–Kier alpha value is -2.82. The van der Waals surface area contributed by atoms with Gasteiger partial charge in [-0.05, 0) is 75.8 Å². The molecule has 0 aliphatic heterocycles. The highest BCUT2D eigenvalue weighted by Gasteiger charge is 2.27. The molecule has 31 heavy (non-hydrogen) atoms. The van der Waals surface area contributed by atoms with E-state index in [1.165, 1.54) is 0 Å². The smallest absolute Gasteiger partial charge is 0.261 e. The highest BCUT2D eigenvalue weighted by molar-refractivity contribution is 5.88. The first-order valence-corrected chi connectivity index (χ1v) is 11.1. The third-order valence-electron chi connectivity index (χ3n) is 5.77. The van der Waals surface area contributed by atoms with Crippen molar-refractivity contribution < 1.29 is 14.3 Å². The Morgan fingerprint density at radius 3 is 2.39 bits per heavy atom. The van der Waals surface area contributed by atoms with E-state index in [0.29, 0.717) is 18.7 Å². The van der Waals surface area contributed by atoms with Crippen molar-refractivity contribution in [1.82, 2.24) is 10.2 Å². The van der Waals surface area contributed by atoms with Crippen molar-refractivity contribution in [3.05, 3.63) is 64.7 Å². The van der Waals surface area contributed by atoms with Crippen LogP contribution >= 0.6 is 0 Å². The third-order valence-corrected chi connectivity index (χ3v) is 5.77. The second kappa shape index (κ2) is 11.5. The molecule has 0 saturated heterocycles. The van der Waals surface area contributed by atoms with Crippen molar-refractivity contribution in [2.24, 2.45) is 0 Å². The van der Waals surface area contributed by atoms with E-state index in [0.717, 1.165) is 28.7 Å². The van der Waals surface area contributed by atoms with Gasteiger partial charge in [0.1, 0.15) is 11.8 Å². The summed E-state index contributed by atoms with van der Waals surface area (Å²) >= 11 is 0. The number of benzene rings is 2. The minimum Gasteiger partial charge on any atom is -0.483 e. The largest absolute Gasteiger partial charge is 0.483 e. The summed E-state index contributed by atoms with van der Waals surface area (Å²) in [6.07, 6.45) is 1.52. The molecule has 2 rings (SSSR count). The van der Waals surface area contributed by atoms with Gasteiger partial charge in [0.15, 0.2) is 6.61 Å². The van der Waals surface area contributed by atoms with Crippen LogP contribution < -0.4 is 10.1 Å². The highest BCUT2D eigenvalue weighted by Crippen LogP contribution is 2.23. The van der Waals surface area contributed by atoms with Crippen LogP contribution in [0.25, 0.3) is 0 Å². The van der Waals surface area contributed by atoms with Crippen LogP contribution in [0.5, 0.6) is 5.75 Å². The molecule has 0 radical (unpaired) electrons. The molecule has 1 N–H and O–H groups in total. The number of aryl methyl sites for hydroxylation is 2. The van der Waals surface area contributed by atoms with Crippen molar-refractivity contribution in [3.63, 3.8) is 0 Å². The Morgan fingerprint density at radius 1 is 1.06 bits per heavy atom. The van der Waals surface area contributed by atoms with Crippen molar-refractivity contribution in [2.45, 2.75) is 66.5 Å². The average molecular weight is 425 g/mol. The zero-order chi connectivity index (χ0) is 23.0. The van der Waals surface area contributed by atoms with Crippen LogP contribution in [0.1, 0.15) is 49.4 Å². The summed E-state index contributed by atoms with van der Waals surface area (Å²) in [6.45, 7) is 12.2. The molecule has 0 heterocycles. The lowest BCUT2D eigenvalue weighted by Crippen LogP contribution is -2.51. The van der Waals surface area contributed by atoms with Crippen LogP contribution in [0, 0.1) is 20.8 Å². The van der Waals surface area contributed by atoms with Gasteiger partial charge in [0.2, 0.25) is 5.91 Å². The minimum absolute atomic E-state index is 0.0650. The topological polar surface area (TPSA) is 58.6 Å². The summed E-state index contributed by atoms with van der Waals surface area (Å²) in [5.74, 6) is 0.380. The van der Waals surface area contributed by atoms with Gasteiger partial charge in [0, 0.05) is 12.6 Å². The number of amides is 2. The monoisotopic (exact) mass is 424 g/mol. The van der Waals surface area contributed by atoms with Gasteiger partial charge >= 0.3 is 0 Å². The molecule has 2 aromatic carbocycles. The number of ether oxygens (including phenoxy) is 1. The number of nitrogens with one attached hydrogen (secondary N) is 1. The second-order valence-electron chi connectivity index (χ2n) is 8.31. The van der Waals surface area contributed by atoms with E-state index in [9.17, 15) is 9.59 Å². The second-order valence-corrected chi connectivity index (χ2v) is 8.31. The van der Waals surface area contributed by atoms with Gasteiger partial charge in [-0.3, -0.25) is 9.59 Å². The Morgan fingerprint density at radius 2 is 1.74 bits per heavy atom. The molecule has 0 unspecified atom stereocenters. The molecule has 2 amide bonds. The summed E-state index contributed by atoms with van der Waals surface area (Å²) in [5, 5.41) is 2.99. The lowest BCUT2D eigenvalue weighted by molar-refractivity contribution is -0.141. The third kappa shape index (κ3) is 7.12. The molecule has 0 saturated carbocycles. The molecule has 5 heteroatoms. The molecule has 5 nitrogen and oxygen atoms in total. The molecular formula is C26H36N2O3. The number of rotatable bonds is 10. The lowest BCUT2D eigenvalue weighted by Gasteiger charge is -2.29. The quantitative estimate of drug-likeness (QED) is 0.616. The molecule has 0 aliphatic carbocycles. The molecule has 0 spiro atoms. The molecule has 0 bridgehead atoms. The van der Waals surface area contributed by atoms with Crippen LogP contribution in [-0.4, -0.2) is 41.9 Å². The number of nitrogens with zero attached hydrogens (tertiary/aromatic N) is 1.